The van der Waals surface area contributed by atoms with Crippen LogP contribution in [-0.4, -0.2) is 18.4 Å². The van der Waals surface area contributed by atoms with E-state index in [1.807, 2.05) is 0 Å². The number of ether oxygens (including phenoxy) is 1. The summed E-state index contributed by atoms with van der Waals surface area (Å²) in [5.74, 6) is 3.11. The molecule has 2 heteroatoms. The number of nitrogens with one attached hydrogen (secondary N) is 1. The summed E-state index contributed by atoms with van der Waals surface area (Å²) in [6, 6.07) is 0. The Morgan fingerprint density at radius 3 is 2.00 bits per heavy atom. The molecule has 5 fully saturated rings. The first-order valence-corrected chi connectivity index (χ1v) is 8.68. The third kappa shape index (κ3) is 2.58. The van der Waals surface area contributed by atoms with Crippen LogP contribution in [0.5, 0.6) is 0 Å². The summed E-state index contributed by atoms with van der Waals surface area (Å²) in [7, 11) is 0. The molecule has 0 aromatic heterocycles. The highest BCUT2D eigenvalue weighted by Crippen LogP contribution is 2.55. The lowest BCUT2D eigenvalue weighted by atomic mass is 9.53. The van der Waals surface area contributed by atoms with E-state index in [4.69, 9.17) is 4.74 Å². The Bertz CT molecular complexity index is 286. The molecule has 0 spiro atoms. The minimum absolute atomic E-state index is 0.476. The van der Waals surface area contributed by atoms with Gasteiger partial charge in [0.1, 0.15) is 0 Å². The molecule has 0 aromatic carbocycles. The second kappa shape index (κ2) is 5.04. The molecule has 4 bridgehead atoms. The summed E-state index contributed by atoms with van der Waals surface area (Å²) >= 11 is 0. The zero-order valence-electron chi connectivity index (χ0n) is 12.2. The van der Waals surface area contributed by atoms with E-state index < -0.39 is 0 Å². The van der Waals surface area contributed by atoms with Crippen molar-refractivity contribution >= 4 is 0 Å². The third-order valence-electron chi connectivity index (χ3n) is 6.36. The van der Waals surface area contributed by atoms with Crippen molar-refractivity contribution in [3.63, 3.8) is 0 Å². The van der Waals surface area contributed by atoms with E-state index in [0.29, 0.717) is 11.6 Å². The van der Waals surface area contributed by atoms with Crippen LogP contribution in [0.1, 0.15) is 70.6 Å². The van der Waals surface area contributed by atoms with Crippen molar-refractivity contribution in [2.75, 3.05) is 6.73 Å². The van der Waals surface area contributed by atoms with Crippen LogP contribution in [0.15, 0.2) is 0 Å². The lowest BCUT2D eigenvalue weighted by molar-refractivity contribution is -0.0550. The fourth-order valence-electron chi connectivity index (χ4n) is 5.87. The molecule has 1 N–H and O–H groups in total. The fourth-order valence-corrected chi connectivity index (χ4v) is 5.87. The summed E-state index contributed by atoms with van der Waals surface area (Å²) in [5, 5.41) is 3.85. The first kappa shape index (κ1) is 12.6. The highest BCUT2D eigenvalue weighted by molar-refractivity contribution is 5.06. The van der Waals surface area contributed by atoms with Gasteiger partial charge in [-0.15, -0.1) is 0 Å². The quantitative estimate of drug-likeness (QED) is 0.778. The second-order valence-electron chi connectivity index (χ2n) is 7.95. The molecular formula is C17H29NO. The van der Waals surface area contributed by atoms with Gasteiger partial charge in [0.2, 0.25) is 0 Å². The number of rotatable bonds is 4. The maximum Gasteiger partial charge on any atom is 0.0973 e. The minimum atomic E-state index is 0.476. The molecule has 5 aliphatic carbocycles. The molecule has 5 saturated carbocycles. The van der Waals surface area contributed by atoms with Gasteiger partial charge in [0.25, 0.3) is 0 Å². The van der Waals surface area contributed by atoms with E-state index in [0.717, 1.165) is 24.5 Å². The summed E-state index contributed by atoms with van der Waals surface area (Å²) in [6.07, 6.45) is 16.2. The highest BCUT2D eigenvalue weighted by Gasteiger charge is 2.50. The Hall–Kier alpha value is -0.0800. The monoisotopic (exact) mass is 263 g/mol. The van der Waals surface area contributed by atoms with Crippen molar-refractivity contribution < 1.29 is 4.74 Å². The molecule has 2 nitrogen and oxygen atoms in total. The molecule has 0 aromatic rings. The van der Waals surface area contributed by atoms with Crippen molar-refractivity contribution in [2.24, 2.45) is 17.8 Å². The Labute approximate surface area is 117 Å². The largest absolute Gasteiger partial charge is 0.363 e. The van der Waals surface area contributed by atoms with E-state index in [1.165, 1.54) is 70.6 Å². The topological polar surface area (TPSA) is 21.3 Å². The van der Waals surface area contributed by atoms with Gasteiger partial charge in [-0.2, -0.15) is 0 Å². The van der Waals surface area contributed by atoms with Gasteiger partial charge in [-0.1, -0.05) is 19.3 Å². The fraction of sp³-hybridized carbons (Fsp3) is 1.00. The van der Waals surface area contributed by atoms with Crippen molar-refractivity contribution in [3.8, 4) is 0 Å². The number of hydrogen-bond donors (Lipinski definition) is 1. The zero-order valence-corrected chi connectivity index (χ0v) is 12.2. The van der Waals surface area contributed by atoms with E-state index in [-0.39, 0.29) is 0 Å². The van der Waals surface area contributed by atoms with Crippen LogP contribution in [0.25, 0.3) is 0 Å². The van der Waals surface area contributed by atoms with Crippen molar-refractivity contribution in [2.45, 2.75) is 82.3 Å². The maximum atomic E-state index is 6.11. The van der Waals surface area contributed by atoms with Gasteiger partial charge in [0.05, 0.1) is 12.8 Å². The first-order chi connectivity index (χ1) is 9.31. The SMILES string of the molecule is C1CCC(OCNC23CC4CC(CC(C4)C2)C3)CC1. The van der Waals surface area contributed by atoms with Crippen molar-refractivity contribution in [1.29, 1.82) is 0 Å². The molecule has 0 heterocycles. The predicted molar refractivity (Wildman–Crippen MR) is 76.9 cm³/mol. The summed E-state index contributed by atoms with van der Waals surface area (Å²) in [6.45, 7) is 0.816. The predicted octanol–water partition coefficient (Wildman–Crippen LogP) is 3.85. The molecule has 0 atom stereocenters. The van der Waals surface area contributed by atoms with Crippen LogP contribution < -0.4 is 5.32 Å². The molecule has 0 unspecified atom stereocenters. The van der Waals surface area contributed by atoms with E-state index >= 15 is 0 Å². The lowest BCUT2D eigenvalue weighted by Gasteiger charge is -2.57. The lowest BCUT2D eigenvalue weighted by Crippen LogP contribution is -2.58. The Balaban J connectivity index is 1.30. The van der Waals surface area contributed by atoms with Gasteiger partial charge in [0, 0.05) is 5.54 Å². The summed E-state index contributed by atoms with van der Waals surface area (Å²) in [4.78, 5) is 0. The standard InChI is InChI=1S/C17H29NO/c1-2-4-16(5-3-1)19-12-18-17-9-13-6-14(10-17)8-15(7-13)11-17/h13-16,18H,1-12H2. The van der Waals surface area contributed by atoms with Gasteiger partial charge in [-0.3, -0.25) is 5.32 Å². The first-order valence-electron chi connectivity index (χ1n) is 8.68. The van der Waals surface area contributed by atoms with Crippen molar-refractivity contribution in [1.82, 2.24) is 5.32 Å². The summed E-state index contributed by atoms with van der Waals surface area (Å²) in [5.41, 5.74) is 0.476. The average Bonchev–Trinajstić information content (AvgIpc) is 2.38. The van der Waals surface area contributed by atoms with Crippen LogP contribution in [0.4, 0.5) is 0 Å². The normalized spacial score (nSPS) is 45.8. The van der Waals surface area contributed by atoms with E-state index in [9.17, 15) is 0 Å². The maximum absolute atomic E-state index is 6.11. The molecular weight excluding hydrogens is 234 g/mol. The molecule has 108 valence electrons. The van der Waals surface area contributed by atoms with Gasteiger partial charge in [0.15, 0.2) is 0 Å². The Morgan fingerprint density at radius 1 is 0.842 bits per heavy atom. The smallest absolute Gasteiger partial charge is 0.0973 e. The van der Waals surface area contributed by atoms with E-state index in [2.05, 4.69) is 5.32 Å². The third-order valence-corrected chi connectivity index (χ3v) is 6.36. The molecule has 5 rings (SSSR count). The molecule has 0 aliphatic heterocycles. The van der Waals surface area contributed by atoms with Crippen LogP contribution in [0.2, 0.25) is 0 Å². The number of hydrogen-bond acceptors (Lipinski definition) is 2. The summed E-state index contributed by atoms with van der Waals surface area (Å²) < 4.78 is 6.11. The molecule has 0 radical (unpaired) electrons. The molecule has 5 aliphatic rings. The van der Waals surface area contributed by atoms with E-state index in [1.54, 1.807) is 0 Å². The Kier molecular flexibility index (Phi) is 3.35. The van der Waals surface area contributed by atoms with Gasteiger partial charge in [-0.05, 0) is 69.1 Å². The molecule has 0 amide bonds. The van der Waals surface area contributed by atoms with Crippen LogP contribution in [0, 0.1) is 17.8 Å². The van der Waals surface area contributed by atoms with Crippen LogP contribution in [0.3, 0.4) is 0 Å². The average molecular weight is 263 g/mol. The van der Waals surface area contributed by atoms with Gasteiger partial charge in [-0.25, -0.2) is 0 Å². The Morgan fingerprint density at radius 2 is 1.42 bits per heavy atom. The molecule has 0 saturated heterocycles. The van der Waals surface area contributed by atoms with Gasteiger partial charge < -0.3 is 4.74 Å². The molecule has 19 heavy (non-hydrogen) atoms. The van der Waals surface area contributed by atoms with Crippen LogP contribution >= 0.6 is 0 Å². The van der Waals surface area contributed by atoms with Gasteiger partial charge >= 0.3 is 0 Å². The second-order valence-corrected chi connectivity index (χ2v) is 7.95. The van der Waals surface area contributed by atoms with Crippen LogP contribution in [-0.2, 0) is 4.74 Å². The zero-order chi connectivity index (χ0) is 12.7. The van der Waals surface area contributed by atoms with Crippen molar-refractivity contribution in [3.05, 3.63) is 0 Å². The minimum Gasteiger partial charge on any atom is -0.363 e. The highest BCUT2D eigenvalue weighted by atomic mass is 16.5.